The van der Waals surface area contributed by atoms with Crippen LogP contribution in [0.3, 0.4) is 0 Å². The van der Waals surface area contributed by atoms with E-state index in [1.54, 1.807) is 13.0 Å². The number of hydrogen-bond acceptors (Lipinski definition) is 0. The Morgan fingerprint density at radius 3 is 2.64 bits per heavy atom. The number of alkyl halides is 1. The number of hydrogen-bond donors (Lipinski definition) is 0. The number of halogens is 3. The van der Waals surface area contributed by atoms with Gasteiger partial charge >= 0.3 is 0 Å². The molecular weight excluding hydrogens is 230 g/mol. The van der Waals surface area contributed by atoms with Crippen LogP contribution in [0.15, 0.2) is 22.7 Å². The van der Waals surface area contributed by atoms with Crippen molar-refractivity contribution in [2.24, 2.45) is 0 Å². The Morgan fingerprint density at radius 1 is 1.55 bits per heavy atom. The predicted octanol–water partition coefficient (Wildman–Crippen LogP) is 3.89. The Bertz CT molecular complexity index is 260. The predicted molar refractivity (Wildman–Crippen MR) is 48.4 cm³/mol. The van der Waals surface area contributed by atoms with Gasteiger partial charge in [-0.2, -0.15) is 0 Å². The first-order chi connectivity index (χ1) is 5.11. The third-order valence-corrected chi connectivity index (χ3v) is 2.34. The van der Waals surface area contributed by atoms with Crippen molar-refractivity contribution < 1.29 is 4.39 Å². The highest BCUT2D eigenvalue weighted by atomic mass is 79.9. The Balaban J connectivity index is 3.13. The molecule has 1 atom stereocenters. The Morgan fingerprint density at radius 2 is 2.18 bits per heavy atom. The summed E-state index contributed by atoms with van der Waals surface area (Å²) in [6.45, 7) is 1.81. The summed E-state index contributed by atoms with van der Waals surface area (Å²) in [5, 5.41) is -0.167. The highest BCUT2D eigenvalue weighted by Crippen LogP contribution is 2.27. The van der Waals surface area contributed by atoms with E-state index in [4.69, 9.17) is 11.6 Å². The van der Waals surface area contributed by atoms with Crippen LogP contribution >= 0.6 is 27.5 Å². The molecule has 0 aliphatic rings. The van der Waals surface area contributed by atoms with E-state index in [1.165, 1.54) is 12.1 Å². The van der Waals surface area contributed by atoms with Crippen LogP contribution in [0.2, 0.25) is 0 Å². The molecule has 0 fully saturated rings. The molecule has 1 rings (SSSR count). The van der Waals surface area contributed by atoms with E-state index in [-0.39, 0.29) is 11.2 Å². The minimum absolute atomic E-state index is 0.167. The normalized spacial score (nSPS) is 13.1. The molecule has 11 heavy (non-hydrogen) atoms. The molecule has 0 N–H and O–H groups in total. The van der Waals surface area contributed by atoms with E-state index >= 15 is 0 Å². The molecule has 0 heterocycles. The number of rotatable bonds is 1. The monoisotopic (exact) mass is 236 g/mol. The lowest BCUT2D eigenvalue weighted by Crippen LogP contribution is -1.87. The van der Waals surface area contributed by atoms with Gasteiger partial charge in [-0.25, -0.2) is 4.39 Å². The average molecular weight is 237 g/mol. The maximum atomic E-state index is 12.6. The van der Waals surface area contributed by atoms with Crippen LogP contribution < -0.4 is 0 Å². The molecule has 0 nitrogen and oxygen atoms in total. The summed E-state index contributed by atoms with van der Waals surface area (Å²) in [5.41, 5.74) is 0.784. The molecular formula is C8H7BrClF. The SMILES string of the molecule is CC(Cl)c1cc(F)ccc1Br. The molecule has 0 aliphatic heterocycles. The molecule has 3 heteroatoms. The molecule has 0 saturated heterocycles. The lowest BCUT2D eigenvalue weighted by Gasteiger charge is -2.05. The lowest BCUT2D eigenvalue weighted by molar-refractivity contribution is 0.625. The third-order valence-electron chi connectivity index (χ3n) is 1.39. The molecule has 60 valence electrons. The Kier molecular flexibility index (Phi) is 2.90. The van der Waals surface area contributed by atoms with Gasteiger partial charge in [-0.1, -0.05) is 15.9 Å². The second kappa shape index (κ2) is 3.55. The summed E-state index contributed by atoms with van der Waals surface area (Å²) < 4.78 is 13.5. The Hall–Kier alpha value is -0.0800. The van der Waals surface area contributed by atoms with Crippen LogP contribution in [0.25, 0.3) is 0 Å². The summed E-state index contributed by atoms with van der Waals surface area (Å²) in [5.74, 6) is -0.254. The summed E-state index contributed by atoms with van der Waals surface area (Å²) in [6.07, 6.45) is 0. The highest BCUT2D eigenvalue weighted by molar-refractivity contribution is 9.10. The van der Waals surface area contributed by atoms with Crippen molar-refractivity contribution in [1.82, 2.24) is 0 Å². The maximum absolute atomic E-state index is 12.6. The molecule has 0 radical (unpaired) electrons. The molecule has 0 saturated carbocycles. The first-order valence-corrected chi connectivity index (χ1v) is 4.43. The van der Waals surface area contributed by atoms with Gasteiger partial charge in [0.05, 0.1) is 5.38 Å². The van der Waals surface area contributed by atoms with Crippen molar-refractivity contribution in [3.63, 3.8) is 0 Å². The quantitative estimate of drug-likeness (QED) is 0.650. The van der Waals surface area contributed by atoms with Crippen LogP contribution in [0, 0.1) is 5.82 Å². The molecule has 1 aromatic rings. The van der Waals surface area contributed by atoms with Crippen LogP contribution in [0.5, 0.6) is 0 Å². The summed E-state index contributed by atoms with van der Waals surface area (Å²) >= 11 is 9.06. The highest BCUT2D eigenvalue weighted by Gasteiger charge is 2.06. The van der Waals surface area contributed by atoms with E-state index in [0.717, 1.165) is 10.0 Å². The van der Waals surface area contributed by atoms with E-state index in [9.17, 15) is 4.39 Å². The zero-order valence-electron chi connectivity index (χ0n) is 5.94. The topological polar surface area (TPSA) is 0 Å². The molecule has 0 aromatic heterocycles. The van der Waals surface area contributed by atoms with Crippen molar-refractivity contribution in [3.05, 3.63) is 34.1 Å². The lowest BCUT2D eigenvalue weighted by atomic mass is 10.2. The Labute approximate surface area is 78.5 Å². The van der Waals surface area contributed by atoms with Crippen molar-refractivity contribution >= 4 is 27.5 Å². The van der Waals surface area contributed by atoms with Crippen molar-refractivity contribution in [2.45, 2.75) is 12.3 Å². The van der Waals surface area contributed by atoms with E-state index in [1.807, 2.05) is 0 Å². The fourth-order valence-electron chi connectivity index (χ4n) is 0.819. The standard InChI is InChI=1S/C8H7BrClF/c1-5(10)7-4-6(11)2-3-8(7)9/h2-5H,1H3. The molecule has 0 aliphatic carbocycles. The fraction of sp³-hybridized carbons (Fsp3) is 0.250. The molecule has 0 spiro atoms. The third kappa shape index (κ3) is 2.17. The first-order valence-electron chi connectivity index (χ1n) is 3.20. The van der Waals surface area contributed by atoms with Gasteiger partial charge in [0.1, 0.15) is 5.82 Å². The van der Waals surface area contributed by atoms with Crippen LogP contribution in [-0.2, 0) is 0 Å². The van der Waals surface area contributed by atoms with Gasteiger partial charge in [-0.15, -0.1) is 11.6 Å². The molecule has 0 bridgehead atoms. The van der Waals surface area contributed by atoms with Crippen LogP contribution in [0.4, 0.5) is 4.39 Å². The van der Waals surface area contributed by atoms with Gasteiger partial charge in [0.2, 0.25) is 0 Å². The maximum Gasteiger partial charge on any atom is 0.123 e. The average Bonchev–Trinajstić information content (AvgIpc) is 1.94. The van der Waals surface area contributed by atoms with Crippen molar-refractivity contribution in [1.29, 1.82) is 0 Å². The zero-order chi connectivity index (χ0) is 8.43. The minimum atomic E-state index is -0.254. The van der Waals surface area contributed by atoms with Gasteiger partial charge in [0, 0.05) is 4.47 Å². The minimum Gasteiger partial charge on any atom is -0.207 e. The summed E-state index contributed by atoms with van der Waals surface area (Å²) in [7, 11) is 0. The largest absolute Gasteiger partial charge is 0.207 e. The number of benzene rings is 1. The smallest absolute Gasteiger partial charge is 0.123 e. The summed E-state index contributed by atoms with van der Waals surface area (Å²) in [4.78, 5) is 0. The van der Waals surface area contributed by atoms with Crippen LogP contribution in [-0.4, -0.2) is 0 Å². The first kappa shape index (κ1) is 9.01. The van der Waals surface area contributed by atoms with E-state index < -0.39 is 0 Å². The summed E-state index contributed by atoms with van der Waals surface area (Å²) in [6, 6.07) is 4.48. The van der Waals surface area contributed by atoms with Gasteiger partial charge in [-0.3, -0.25) is 0 Å². The van der Waals surface area contributed by atoms with E-state index in [0.29, 0.717) is 0 Å². The van der Waals surface area contributed by atoms with E-state index in [2.05, 4.69) is 15.9 Å². The van der Waals surface area contributed by atoms with Crippen molar-refractivity contribution in [3.8, 4) is 0 Å². The molecule has 1 aromatic carbocycles. The molecule has 0 amide bonds. The second-order valence-electron chi connectivity index (χ2n) is 2.28. The fourth-order valence-corrected chi connectivity index (χ4v) is 1.72. The van der Waals surface area contributed by atoms with Gasteiger partial charge in [-0.05, 0) is 30.7 Å². The second-order valence-corrected chi connectivity index (χ2v) is 3.79. The molecule has 1 unspecified atom stereocenters. The zero-order valence-corrected chi connectivity index (χ0v) is 8.29. The van der Waals surface area contributed by atoms with Crippen molar-refractivity contribution in [2.75, 3.05) is 0 Å². The van der Waals surface area contributed by atoms with Gasteiger partial charge < -0.3 is 0 Å². The van der Waals surface area contributed by atoms with Gasteiger partial charge in [0.15, 0.2) is 0 Å². The van der Waals surface area contributed by atoms with Crippen LogP contribution in [0.1, 0.15) is 17.9 Å². The van der Waals surface area contributed by atoms with Gasteiger partial charge in [0.25, 0.3) is 0 Å².